The quantitative estimate of drug-likeness (QED) is 0.223. The summed E-state index contributed by atoms with van der Waals surface area (Å²) in [6, 6.07) is 16.5. The summed E-state index contributed by atoms with van der Waals surface area (Å²) >= 11 is 0. The summed E-state index contributed by atoms with van der Waals surface area (Å²) in [7, 11) is 0. The topological polar surface area (TPSA) is 139 Å². The van der Waals surface area contributed by atoms with Gasteiger partial charge in [-0.15, -0.1) is 0 Å². The number of aryl methyl sites for hydroxylation is 4. The van der Waals surface area contributed by atoms with Crippen LogP contribution in [-0.4, -0.2) is 33.2 Å². The van der Waals surface area contributed by atoms with E-state index >= 15 is 0 Å². The van der Waals surface area contributed by atoms with E-state index in [2.05, 4.69) is 10.6 Å². The van der Waals surface area contributed by atoms with E-state index in [1.165, 1.54) is 25.1 Å². The van der Waals surface area contributed by atoms with Gasteiger partial charge in [0.1, 0.15) is 11.7 Å². The van der Waals surface area contributed by atoms with Gasteiger partial charge in [-0.2, -0.15) is 0 Å². The Morgan fingerprint density at radius 1 is 0.900 bits per heavy atom. The highest BCUT2D eigenvalue weighted by molar-refractivity contribution is 6.10. The van der Waals surface area contributed by atoms with E-state index < -0.39 is 52.3 Å². The maximum atomic E-state index is 13.9. The molecule has 1 aliphatic carbocycles. The minimum Gasteiger partial charge on any atom is -0.389 e. The van der Waals surface area contributed by atoms with Gasteiger partial charge in [0, 0.05) is 35.8 Å². The van der Waals surface area contributed by atoms with Crippen molar-refractivity contribution in [2.45, 2.75) is 52.6 Å². The molecule has 4 atom stereocenters. The molecule has 2 amide bonds. The number of nitro groups is 1. The molecule has 4 rings (SSSR count). The van der Waals surface area contributed by atoms with Crippen molar-refractivity contribution in [1.29, 1.82) is 0 Å². The molecule has 9 nitrogen and oxygen atoms in total. The summed E-state index contributed by atoms with van der Waals surface area (Å²) in [6.45, 7) is 8.90. The molecule has 40 heavy (non-hydrogen) atoms. The van der Waals surface area contributed by atoms with Crippen LogP contribution in [0.3, 0.4) is 0 Å². The van der Waals surface area contributed by atoms with Crippen LogP contribution in [0.1, 0.15) is 47.1 Å². The average Bonchev–Trinajstić information content (AvgIpc) is 2.86. The van der Waals surface area contributed by atoms with Gasteiger partial charge in [0.25, 0.3) is 5.69 Å². The molecule has 0 saturated heterocycles. The molecule has 1 aliphatic rings. The Bertz CT molecular complexity index is 1510. The molecule has 3 aromatic rings. The Labute approximate surface area is 232 Å². The Morgan fingerprint density at radius 3 is 1.98 bits per heavy atom. The van der Waals surface area contributed by atoms with Gasteiger partial charge in [-0.25, -0.2) is 0 Å². The normalized spacial score (nSPS) is 22.4. The third-order valence-electron chi connectivity index (χ3n) is 7.58. The van der Waals surface area contributed by atoms with E-state index in [0.29, 0.717) is 11.4 Å². The predicted molar refractivity (Wildman–Crippen MR) is 152 cm³/mol. The number of non-ortho nitro benzene ring substituents is 1. The first-order valence-electron chi connectivity index (χ1n) is 13.0. The van der Waals surface area contributed by atoms with Crippen molar-refractivity contribution in [3.63, 3.8) is 0 Å². The maximum Gasteiger partial charge on any atom is 0.269 e. The Morgan fingerprint density at radius 2 is 1.45 bits per heavy atom. The summed E-state index contributed by atoms with van der Waals surface area (Å²) in [6.07, 6.45) is -0.436. The molecule has 0 aliphatic heterocycles. The Balaban J connectivity index is 1.82. The summed E-state index contributed by atoms with van der Waals surface area (Å²) in [5.41, 5.74) is 2.79. The van der Waals surface area contributed by atoms with Crippen LogP contribution < -0.4 is 10.6 Å². The van der Waals surface area contributed by atoms with Crippen molar-refractivity contribution < 1.29 is 24.4 Å². The Kier molecular flexibility index (Phi) is 7.88. The fraction of sp³-hybridized carbons (Fsp3) is 0.323. The molecular formula is C31H33N3O6. The molecule has 0 radical (unpaired) electrons. The van der Waals surface area contributed by atoms with Crippen molar-refractivity contribution in [3.05, 3.63) is 98.6 Å². The minimum atomic E-state index is -1.83. The van der Waals surface area contributed by atoms with Crippen LogP contribution in [-0.2, 0) is 14.4 Å². The van der Waals surface area contributed by atoms with E-state index in [4.69, 9.17) is 0 Å². The summed E-state index contributed by atoms with van der Waals surface area (Å²) < 4.78 is 0. The summed E-state index contributed by atoms with van der Waals surface area (Å²) in [5.74, 6) is -5.62. The van der Waals surface area contributed by atoms with Crippen LogP contribution in [0.5, 0.6) is 0 Å². The van der Waals surface area contributed by atoms with Gasteiger partial charge < -0.3 is 15.7 Å². The SMILES string of the molecule is Cc1ccc(NC(=O)[C@H]2C(=O)C[C@](C)(O)[C@@H](C(=O)Nc3ccc(C)cc3C)[C@@H]2c2cccc([N+](=O)[O-])c2)c(C)c1. The van der Waals surface area contributed by atoms with Crippen molar-refractivity contribution in [2.75, 3.05) is 10.6 Å². The smallest absolute Gasteiger partial charge is 0.269 e. The summed E-state index contributed by atoms with van der Waals surface area (Å²) in [4.78, 5) is 52.2. The number of aliphatic hydroxyl groups is 1. The van der Waals surface area contributed by atoms with Crippen molar-refractivity contribution >= 4 is 34.7 Å². The number of nitrogens with one attached hydrogen (secondary N) is 2. The summed E-state index contributed by atoms with van der Waals surface area (Å²) in [5, 5.41) is 28.8. The number of anilines is 2. The second-order valence-corrected chi connectivity index (χ2v) is 10.9. The second-order valence-electron chi connectivity index (χ2n) is 10.9. The van der Waals surface area contributed by atoms with Crippen LogP contribution in [0.4, 0.5) is 17.1 Å². The molecular weight excluding hydrogens is 510 g/mol. The standard InChI is InChI=1S/C31H33N3O6/c1-17-9-11-23(19(3)13-17)32-29(36)27-25(35)16-31(5,38)28(26(27)21-7-6-8-22(15-21)34(39)40)30(37)33-24-12-10-18(2)14-20(24)4/h6-15,26-28,38H,16H2,1-5H3,(H,32,36)(H,33,37)/t26-,27+,28-,31+/m1/s1. The van der Waals surface area contributed by atoms with Gasteiger partial charge in [0.15, 0.2) is 0 Å². The highest BCUT2D eigenvalue weighted by atomic mass is 16.6. The highest BCUT2D eigenvalue weighted by Crippen LogP contribution is 2.47. The first-order valence-corrected chi connectivity index (χ1v) is 13.0. The first-order chi connectivity index (χ1) is 18.8. The number of carbonyl (C=O) groups excluding carboxylic acids is 3. The predicted octanol–water partition coefficient (Wildman–Crippen LogP) is 5.15. The number of rotatable bonds is 6. The van der Waals surface area contributed by atoms with E-state index in [-0.39, 0.29) is 11.3 Å². The fourth-order valence-electron chi connectivity index (χ4n) is 5.67. The molecule has 0 aromatic heterocycles. The van der Waals surface area contributed by atoms with E-state index in [0.717, 1.165) is 22.3 Å². The molecule has 0 spiro atoms. The molecule has 0 bridgehead atoms. The lowest BCUT2D eigenvalue weighted by Gasteiger charge is -2.44. The first kappa shape index (κ1) is 28.6. The third-order valence-corrected chi connectivity index (χ3v) is 7.58. The number of carbonyl (C=O) groups is 3. The van der Waals surface area contributed by atoms with Crippen LogP contribution in [0.15, 0.2) is 60.7 Å². The molecule has 0 heterocycles. The lowest BCUT2D eigenvalue weighted by atomic mass is 9.61. The van der Waals surface area contributed by atoms with Crippen LogP contribution in [0.25, 0.3) is 0 Å². The van der Waals surface area contributed by atoms with Gasteiger partial charge in [-0.05, 0) is 63.4 Å². The van der Waals surface area contributed by atoms with E-state index in [1.54, 1.807) is 18.2 Å². The second kappa shape index (κ2) is 11.0. The zero-order valence-corrected chi connectivity index (χ0v) is 23.1. The highest BCUT2D eigenvalue weighted by Gasteiger charge is 2.56. The average molecular weight is 544 g/mol. The van der Waals surface area contributed by atoms with Crippen LogP contribution in [0, 0.1) is 49.6 Å². The zero-order valence-electron chi connectivity index (χ0n) is 23.1. The molecule has 3 N–H and O–H groups in total. The number of nitrogens with zero attached hydrogens (tertiary/aromatic N) is 1. The largest absolute Gasteiger partial charge is 0.389 e. The molecule has 0 unspecified atom stereocenters. The minimum absolute atomic E-state index is 0.240. The number of benzene rings is 3. The fourth-order valence-corrected chi connectivity index (χ4v) is 5.67. The molecule has 1 fully saturated rings. The van der Waals surface area contributed by atoms with Crippen LogP contribution in [0.2, 0.25) is 0 Å². The van der Waals surface area contributed by atoms with E-state index in [1.807, 2.05) is 52.0 Å². The molecule has 1 saturated carbocycles. The lowest BCUT2D eigenvalue weighted by Crippen LogP contribution is -2.56. The van der Waals surface area contributed by atoms with Gasteiger partial charge in [0.2, 0.25) is 11.8 Å². The number of nitro benzene ring substituents is 1. The number of amides is 2. The van der Waals surface area contributed by atoms with Crippen LogP contribution >= 0.6 is 0 Å². The van der Waals surface area contributed by atoms with Gasteiger partial charge in [0.05, 0.1) is 16.4 Å². The van der Waals surface area contributed by atoms with Crippen molar-refractivity contribution in [2.24, 2.45) is 11.8 Å². The van der Waals surface area contributed by atoms with Gasteiger partial charge in [-0.1, -0.05) is 47.5 Å². The number of hydrogen-bond donors (Lipinski definition) is 3. The van der Waals surface area contributed by atoms with Crippen molar-refractivity contribution in [3.8, 4) is 0 Å². The molecule has 208 valence electrons. The third kappa shape index (κ3) is 5.79. The maximum absolute atomic E-state index is 13.9. The van der Waals surface area contributed by atoms with Gasteiger partial charge in [-0.3, -0.25) is 24.5 Å². The lowest BCUT2D eigenvalue weighted by molar-refractivity contribution is -0.385. The van der Waals surface area contributed by atoms with Gasteiger partial charge >= 0.3 is 0 Å². The number of Topliss-reactive ketones (excluding diaryl/α,β-unsaturated/α-hetero) is 1. The number of ketones is 1. The number of hydrogen-bond acceptors (Lipinski definition) is 6. The Hall–Kier alpha value is -4.37. The van der Waals surface area contributed by atoms with Crippen molar-refractivity contribution in [1.82, 2.24) is 0 Å². The molecule has 3 aromatic carbocycles. The molecule has 9 heteroatoms. The van der Waals surface area contributed by atoms with E-state index in [9.17, 15) is 29.6 Å². The zero-order chi connectivity index (χ0) is 29.4. The monoisotopic (exact) mass is 543 g/mol.